The lowest BCUT2D eigenvalue weighted by atomic mass is 10.1. The molecule has 1 heteroatoms. The van der Waals surface area contributed by atoms with Gasteiger partial charge in [0.1, 0.15) is 5.75 Å². The third-order valence-corrected chi connectivity index (χ3v) is 2.42. The van der Waals surface area contributed by atoms with Crippen molar-refractivity contribution in [3.8, 4) is 5.75 Å². The van der Waals surface area contributed by atoms with Gasteiger partial charge in [0.05, 0.1) is 0 Å². The van der Waals surface area contributed by atoms with Crippen LogP contribution < -0.4 is 0 Å². The molecule has 0 saturated heterocycles. The molecule has 1 nitrogen and oxygen atoms in total. The monoisotopic (exact) mass is 214 g/mol. The predicted molar refractivity (Wildman–Crippen MR) is 68.8 cm³/mol. The van der Waals surface area contributed by atoms with Crippen molar-refractivity contribution < 1.29 is 5.11 Å². The molecule has 0 unspecified atom stereocenters. The van der Waals surface area contributed by atoms with Gasteiger partial charge in [0.2, 0.25) is 0 Å². The van der Waals surface area contributed by atoms with Crippen LogP contribution in [0.5, 0.6) is 5.75 Å². The Hall–Kier alpha value is -1.76. The molecule has 0 radical (unpaired) electrons. The van der Waals surface area contributed by atoms with E-state index < -0.39 is 0 Å². The summed E-state index contributed by atoms with van der Waals surface area (Å²) in [7, 11) is 0. The molecule has 0 saturated carbocycles. The number of phenols is 1. The number of aryl methyl sites for hydroxylation is 3. The Morgan fingerprint density at radius 1 is 0.750 bits per heavy atom. The summed E-state index contributed by atoms with van der Waals surface area (Å²) < 4.78 is 0. The highest BCUT2D eigenvalue weighted by Gasteiger charge is 1.89. The standard InChI is InChI=1S/C9H12.C6H6O/c1-7-4-5-8(2)9(3)6-7;7-6-4-2-1-3-5-6/h4-6H,1-3H3;1-5,7H. The molecule has 1 N–H and O–H groups in total. The Morgan fingerprint density at radius 2 is 1.38 bits per heavy atom. The molecular weight excluding hydrogens is 196 g/mol. The number of rotatable bonds is 0. The van der Waals surface area contributed by atoms with E-state index >= 15 is 0 Å². The molecule has 2 rings (SSSR count). The molecule has 0 fully saturated rings. The molecule has 0 aliphatic rings. The summed E-state index contributed by atoms with van der Waals surface area (Å²) in [5, 5.41) is 8.63. The molecule has 0 heterocycles. The first-order valence-electron chi connectivity index (χ1n) is 5.37. The van der Waals surface area contributed by atoms with Gasteiger partial charge in [-0.05, 0) is 44.0 Å². The minimum Gasteiger partial charge on any atom is -0.508 e. The van der Waals surface area contributed by atoms with E-state index in [1.807, 2.05) is 6.07 Å². The maximum absolute atomic E-state index is 8.63. The van der Waals surface area contributed by atoms with E-state index in [4.69, 9.17) is 5.11 Å². The molecule has 0 aliphatic heterocycles. The normalized spacial score (nSPS) is 9.19. The zero-order valence-electron chi connectivity index (χ0n) is 10.1. The fraction of sp³-hybridized carbons (Fsp3) is 0.200. The van der Waals surface area contributed by atoms with Crippen LogP contribution in [0.1, 0.15) is 16.7 Å². The summed E-state index contributed by atoms with van der Waals surface area (Å²) in [6.45, 7) is 6.39. The van der Waals surface area contributed by atoms with Crippen molar-refractivity contribution in [1.82, 2.24) is 0 Å². The van der Waals surface area contributed by atoms with Crippen molar-refractivity contribution in [2.75, 3.05) is 0 Å². The molecule has 0 bridgehead atoms. The highest BCUT2D eigenvalue weighted by Crippen LogP contribution is 2.07. The third-order valence-electron chi connectivity index (χ3n) is 2.42. The van der Waals surface area contributed by atoms with E-state index in [1.165, 1.54) is 16.7 Å². The Kier molecular flexibility index (Phi) is 4.59. The second-order valence-electron chi connectivity index (χ2n) is 3.92. The van der Waals surface area contributed by atoms with Crippen LogP contribution in [0.3, 0.4) is 0 Å². The third kappa shape index (κ3) is 4.18. The summed E-state index contributed by atoms with van der Waals surface area (Å²) >= 11 is 0. The van der Waals surface area contributed by atoms with Gasteiger partial charge in [0.25, 0.3) is 0 Å². The second kappa shape index (κ2) is 5.96. The molecule has 0 aliphatic carbocycles. The topological polar surface area (TPSA) is 20.2 Å². The van der Waals surface area contributed by atoms with Crippen molar-refractivity contribution in [3.63, 3.8) is 0 Å². The second-order valence-corrected chi connectivity index (χ2v) is 3.92. The fourth-order valence-corrected chi connectivity index (χ4v) is 1.32. The van der Waals surface area contributed by atoms with Crippen LogP contribution >= 0.6 is 0 Å². The number of phenolic OH excluding ortho intramolecular Hbond substituents is 1. The van der Waals surface area contributed by atoms with Crippen LogP contribution in [0, 0.1) is 20.8 Å². The van der Waals surface area contributed by atoms with E-state index in [-0.39, 0.29) is 0 Å². The van der Waals surface area contributed by atoms with Crippen molar-refractivity contribution in [1.29, 1.82) is 0 Å². The zero-order chi connectivity index (χ0) is 12.0. The molecule has 0 aromatic heterocycles. The van der Waals surface area contributed by atoms with Gasteiger partial charge in [-0.2, -0.15) is 0 Å². The first-order chi connectivity index (χ1) is 7.59. The van der Waals surface area contributed by atoms with Crippen LogP contribution in [0.25, 0.3) is 0 Å². The molecule has 0 spiro atoms. The first-order valence-corrected chi connectivity index (χ1v) is 5.37. The SMILES string of the molecule is Cc1ccc(C)c(C)c1.Oc1ccccc1. The quantitative estimate of drug-likeness (QED) is 0.702. The van der Waals surface area contributed by atoms with Gasteiger partial charge in [-0.1, -0.05) is 42.0 Å². The fourth-order valence-electron chi connectivity index (χ4n) is 1.32. The van der Waals surface area contributed by atoms with E-state index in [9.17, 15) is 0 Å². The summed E-state index contributed by atoms with van der Waals surface area (Å²) in [5.74, 6) is 0.322. The lowest BCUT2D eigenvalue weighted by Gasteiger charge is -1.98. The lowest BCUT2D eigenvalue weighted by molar-refractivity contribution is 0.475. The maximum Gasteiger partial charge on any atom is 0.115 e. The number of hydrogen-bond acceptors (Lipinski definition) is 1. The van der Waals surface area contributed by atoms with Crippen LogP contribution in [0.15, 0.2) is 48.5 Å². The maximum atomic E-state index is 8.63. The Morgan fingerprint density at radius 3 is 1.75 bits per heavy atom. The zero-order valence-corrected chi connectivity index (χ0v) is 10.1. The van der Waals surface area contributed by atoms with E-state index in [1.54, 1.807) is 24.3 Å². The van der Waals surface area contributed by atoms with Gasteiger partial charge in [-0.3, -0.25) is 0 Å². The average Bonchev–Trinajstić information content (AvgIpc) is 2.26. The average molecular weight is 214 g/mol. The summed E-state index contributed by atoms with van der Waals surface area (Å²) in [4.78, 5) is 0. The largest absolute Gasteiger partial charge is 0.508 e. The van der Waals surface area contributed by atoms with E-state index in [0.717, 1.165) is 0 Å². The van der Waals surface area contributed by atoms with Crippen molar-refractivity contribution in [2.24, 2.45) is 0 Å². The number of benzene rings is 2. The highest BCUT2D eigenvalue weighted by atomic mass is 16.3. The van der Waals surface area contributed by atoms with Gasteiger partial charge in [-0.15, -0.1) is 0 Å². The Balaban J connectivity index is 0.000000165. The summed E-state index contributed by atoms with van der Waals surface area (Å²) in [6.07, 6.45) is 0. The molecule has 0 amide bonds. The molecule has 84 valence electrons. The van der Waals surface area contributed by atoms with Gasteiger partial charge in [0, 0.05) is 0 Å². The summed E-state index contributed by atoms with van der Waals surface area (Å²) in [6, 6.07) is 15.2. The van der Waals surface area contributed by atoms with Gasteiger partial charge >= 0.3 is 0 Å². The van der Waals surface area contributed by atoms with E-state index in [2.05, 4.69) is 39.0 Å². The molecule has 16 heavy (non-hydrogen) atoms. The first kappa shape index (κ1) is 12.3. The lowest BCUT2D eigenvalue weighted by Crippen LogP contribution is -1.79. The number of aromatic hydroxyl groups is 1. The Labute approximate surface area is 97.4 Å². The smallest absolute Gasteiger partial charge is 0.115 e. The highest BCUT2D eigenvalue weighted by molar-refractivity contribution is 5.28. The van der Waals surface area contributed by atoms with Crippen LogP contribution in [-0.4, -0.2) is 5.11 Å². The van der Waals surface area contributed by atoms with Crippen molar-refractivity contribution in [3.05, 3.63) is 65.2 Å². The van der Waals surface area contributed by atoms with Gasteiger partial charge in [-0.25, -0.2) is 0 Å². The predicted octanol–water partition coefficient (Wildman–Crippen LogP) is 4.00. The molecular formula is C15H18O. The van der Waals surface area contributed by atoms with Crippen LogP contribution in [0.4, 0.5) is 0 Å². The van der Waals surface area contributed by atoms with Gasteiger partial charge < -0.3 is 5.11 Å². The molecule has 2 aromatic carbocycles. The van der Waals surface area contributed by atoms with Crippen LogP contribution in [-0.2, 0) is 0 Å². The Bertz CT molecular complexity index is 432. The minimum absolute atomic E-state index is 0.322. The van der Waals surface area contributed by atoms with Gasteiger partial charge in [0.15, 0.2) is 0 Å². The number of hydrogen-bond donors (Lipinski definition) is 1. The number of para-hydroxylation sites is 1. The van der Waals surface area contributed by atoms with Crippen molar-refractivity contribution in [2.45, 2.75) is 20.8 Å². The summed E-state index contributed by atoms with van der Waals surface area (Å²) in [5.41, 5.74) is 4.11. The molecule has 0 atom stereocenters. The molecule has 2 aromatic rings. The van der Waals surface area contributed by atoms with Crippen LogP contribution in [0.2, 0.25) is 0 Å². The van der Waals surface area contributed by atoms with Crippen molar-refractivity contribution >= 4 is 0 Å². The van der Waals surface area contributed by atoms with E-state index in [0.29, 0.717) is 5.75 Å². The minimum atomic E-state index is 0.322.